The van der Waals surface area contributed by atoms with Gasteiger partial charge in [0.15, 0.2) is 12.2 Å². The van der Waals surface area contributed by atoms with Gasteiger partial charge < -0.3 is 20.4 Å². The largest absolute Gasteiger partial charge is 0.380 e. The second kappa shape index (κ2) is 7.96. The van der Waals surface area contributed by atoms with Crippen molar-refractivity contribution >= 4 is 11.8 Å². The second-order valence-electron chi connectivity index (χ2n) is 7.87. The third kappa shape index (κ3) is 3.77. The zero-order valence-electron chi connectivity index (χ0n) is 16.3. The van der Waals surface area contributed by atoms with Gasteiger partial charge >= 0.3 is 0 Å². The lowest BCUT2D eigenvalue weighted by Crippen LogP contribution is -2.52. The Bertz CT molecular complexity index is 847. The Morgan fingerprint density at radius 1 is 1.07 bits per heavy atom. The minimum Gasteiger partial charge on any atom is -0.380 e. The minimum absolute atomic E-state index is 0.129. The molecule has 2 fully saturated rings. The van der Waals surface area contributed by atoms with Crippen molar-refractivity contribution in [1.29, 1.82) is 0 Å². The van der Waals surface area contributed by atoms with Crippen LogP contribution in [0.1, 0.15) is 44.2 Å². The zero-order chi connectivity index (χ0) is 20.5. The molecule has 2 aliphatic heterocycles. The molecule has 1 aromatic carbocycles. The molecule has 3 heterocycles. The van der Waals surface area contributed by atoms with Crippen molar-refractivity contribution in [2.45, 2.75) is 62.9 Å². The first-order chi connectivity index (χ1) is 14.0. The number of hydrogen-bond donors (Lipinski definition) is 3. The Morgan fingerprint density at radius 2 is 1.69 bits per heavy atom. The first-order valence-corrected chi connectivity index (χ1v) is 10.0. The number of aromatic nitrogens is 2. The number of nitrogens with one attached hydrogen (secondary N) is 1. The van der Waals surface area contributed by atoms with Crippen molar-refractivity contribution in [3.05, 3.63) is 48.3 Å². The van der Waals surface area contributed by atoms with Crippen molar-refractivity contribution in [3.63, 3.8) is 0 Å². The van der Waals surface area contributed by atoms with Crippen LogP contribution in [0.25, 0.3) is 5.69 Å². The summed E-state index contributed by atoms with van der Waals surface area (Å²) in [6.45, 7) is 1.78. The molecule has 3 unspecified atom stereocenters. The van der Waals surface area contributed by atoms with Gasteiger partial charge in [0.1, 0.15) is 0 Å². The predicted molar refractivity (Wildman–Crippen MR) is 105 cm³/mol. The highest BCUT2D eigenvalue weighted by Gasteiger charge is 2.46. The van der Waals surface area contributed by atoms with Gasteiger partial charge in [0, 0.05) is 24.5 Å². The lowest BCUT2D eigenvalue weighted by Gasteiger charge is -2.27. The van der Waals surface area contributed by atoms with Crippen LogP contribution in [-0.4, -0.2) is 61.0 Å². The summed E-state index contributed by atoms with van der Waals surface area (Å²) in [7, 11) is 0. The lowest BCUT2D eigenvalue weighted by atomic mass is 10.0. The summed E-state index contributed by atoms with van der Waals surface area (Å²) in [6.07, 6.45) is 3.70. The van der Waals surface area contributed by atoms with Crippen LogP contribution < -0.4 is 5.32 Å². The van der Waals surface area contributed by atoms with Gasteiger partial charge in [-0.15, -0.1) is 0 Å². The van der Waals surface area contributed by atoms with Crippen molar-refractivity contribution in [2.24, 2.45) is 0 Å². The van der Waals surface area contributed by atoms with E-state index >= 15 is 0 Å². The molecule has 2 aromatic rings. The fourth-order valence-corrected chi connectivity index (χ4v) is 4.42. The maximum absolute atomic E-state index is 12.6. The second-order valence-corrected chi connectivity index (χ2v) is 7.87. The van der Waals surface area contributed by atoms with Crippen LogP contribution in [0.3, 0.4) is 0 Å². The van der Waals surface area contributed by atoms with Gasteiger partial charge in [0.2, 0.25) is 0 Å². The highest BCUT2D eigenvalue weighted by molar-refractivity contribution is 5.91. The molecule has 0 saturated carbocycles. The Balaban J connectivity index is 1.36. The van der Waals surface area contributed by atoms with E-state index in [9.17, 15) is 19.8 Å². The number of nitrogens with zero attached hydrogens (tertiary/aromatic N) is 3. The molecule has 3 N–H and O–H groups in total. The molecule has 2 saturated heterocycles. The Kier molecular flexibility index (Phi) is 5.38. The molecule has 8 nitrogen and oxygen atoms in total. The van der Waals surface area contributed by atoms with E-state index in [1.807, 2.05) is 36.5 Å². The van der Waals surface area contributed by atoms with Crippen LogP contribution in [0.5, 0.6) is 0 Å². The normalized spacial score (nSPS) is 23.6. The summed E-state index contributed by atoms with van der Waals surface area (Å²) >= 11 is 0. The number of aliphatic hydroxyl groups excluding tert-OH is 2. The molecule has 0 spiro atoms. The van der Waals surface area contributed by atoms with Gasteiger partial charge in [0.25, 0.3) is 11.8 Å². The molecule has 154 valence electrons. The first-order valence-electron chi connectivity index (χ1n) is 10.0. The quantitative estimate of drug-likeness (QED) is 0.671. The fraction of sp³-hybridized carbons (Fsp3) is 0.476. The summed E-state index contributed by atoms with van der Waals surface area (Å²) in [5, 5.41) is 27.4. The topological polar surface area (TPSA) is 108 Å². The molecule has 2 amide bonds. The number of fused-ring (bicyclic) bond motifs is 2. The third-order valence-corrected chi connectivity index (χ3v) is 6.05. The zero-order valence-corrected chi connectivity index (χ0v) is 16.3. The average molecular weight is 398 g/mol. The number of carbonyl (C=O) groups excluding carboxylic acids is 2. The van der Waals surface area contributed by atoms with Crippen molar-refractivity contribution in [2.75, 3.05) is 0 Å². The van der Waals surface area contributed by atoms with Crippen LogP contribution in [0.2, 0.25) is 0 Å². The van der Waals surface area contributed by atoms with Gasteiger partial charge in [-0.2, -0.15) is 5.10 Å². The molecule has 29 heavy (non-hydrogen) atoms. The number of aliphatic hydroxyl groups is 2. The molecule has 3 atom stereocenters. The van der Waals surface area contributed by atoms with Crippen LogP contribution in [-0.2, 0) is 9.59 Å². The van der Waals surface area contributed by atoms with Crippen molar-refractivity contribution in [1.82, 2.24) is 20.0 Å². The lowest BCUT2D eigenvalue weighted by molar-refractivity contribution is -0.154. The van der Waals surface area contributed by atoms with E-state index in [0.29, 0.717) is 0 Å². The van der Waals surface area contributed by atoms with Crippen molar-refractivity contribution < 1.29 is 19.8 Å². The summed E-state index contributed by atoms with van der Waals surface area (Å²) in [4.78, 5) is 26.7. The number of hydrogen-bond acceptors (Lipinski definition) is 5. The van der Waals surface area contributed by atoms with Crippen LogP contribution in [0.15, 0.2) is 42.7 Å². The van der Waals surface area contributed by atoms with E-state index in [-0.39, 0.29) is 12.1 Å². The predicted octanol–water partition coefficient (Wildman–Crippen LogP) is 0.925. The van der Waals surface area contributed by atoms with E-state index in [1.165, 1.54) is 0 Å². The number of benzene rings is 1. The van der Waals surface area contributed by atoms with Crippen LogP contribution in [0, 0.1) is 0 Å². The van der Waals surface area contributed by atoms with Crippen LogP contribution >= 0.6 is 0 Å². The smallest absolute Gasteiger partial charge is 0.255 e. The van der Waals surface area contributed by atoms with E-state index in [2.05, 4.69) is 10.4 Å². The van der Waals surface area contributed by atoms with E-state index in [1.54, 1.807) is 22.7 Å². The molecule has 0 aliphatic carbocycles. The summed E-state index contributed by atoms with van der Waals surface area (Å²) in [6, 6.07) is 9.17. The average Bonchev–Trinajstić information content (AvgIpc) is 3.49. The van der Waals surface area contributed by atoms with Crippen molar-refractivity contribution in [3.8, 4) is 5.69 Å². The van der Waals surface area contributed by atoms with E-state index in [4.69, 9.17) is 0 Å². The Hall–Kier alpha value is -2.71. The number of rotatable bonds is 6. The Labute approximate surface area is 169 Å². The van der Waals surface area contributed by atoms with Gasteiger partial charge in [-0.25, -0.2) is 4.68 Å². The Morgan fingerprint density at radius 3 is 2.24 bits per heavy atom. The first kappa shape index (κ1) is 19.6. The summed E-state index contributed by atoms with van der Waals surface area (Å²) in [5.41, 5.74) is 1.72. The highest BCUT2D eigenvalue weighted by atomic mass is 16.3. The van der Waals surface area contributed by atoms with Crippen LogP contribution in [0.4, 0.5) is 0 Å². The number of carbonyl (C=O) groups is 2. The fourth-order valence-electron chi connectivity index (χ4n) is 4.42. The summed E-state index contributed by atoms with van der Waals surface area (Å²) in [5.74, 6) is -1.31. The molecular formula is C21H26N4O4. The van der Waals surface area contributed by atoms with E-state index in [0.717, 1.165) is 36.9 Å². The van der Waals surface area contributed by atoms with Gasteiger partial charge in [0.05, 0.1) is 11.7 Å². The van der Waals surface area contributed by atoms with Gasteiger partial charge in [-0.3, -0.25) is 9.59 Å². The van der Waals surface area contributed by atoms with Gasteiger partial charge in [-0.1, -0.05) is 12.1 Å². The number of amides is 2. The minimum atomic E-state index is -1.80. The maximum atomic E-state index is 12.6. The third-order valence-electron chi connectivity index (χ3n) is 6.05. The maximum Gasteiger partial charge on any atom is 0.255 e. The summed E-state index contributed by atoms with van der Waals surface area (Å²) < 4.78 is 1.73. The molecule has 8 heteroatoms. The SMILES string of the molecule is CC(NC(=O)C(O)C(O)C(=O)N1C2CCC1CC2)c1ccc(-n2cccn2)cc1. The molecular weight excluding hydrogens is 372 g/mol. The monoisotopic (exact) mass is 398 g/mol. The standard InChI is InChI=1S/C21H26N4O4/c1-13(14-3-5-15(6-4-14)24-12-2-11-22-24)23-20(28)18(26)19(27)21(29)25-16-7-8-17(25)10-9-16/h2-6,11-13,16-19,26-27H,7-10H2,1H3,(H,23,28). The van der Waals surface area contributed by atoms with Gasteiger partial charge in [-0.05, 0) is 56.4 Å². The molecule has 4 rings (SSSR count). The molecule has 0 radical (unpaired) electrons. The van der Waals surface area contributed by atoms with E-state index < -0.39 is 30.1 Å². The molecule has 1 aromatic heterocycles. The molecule has 2 bridgehead atoms. The highest BCUT2D eigenvalue weighted by Crippen LogP contribution is 2.37. The molecule has 2 aliphatic rings.